The summed E-state index contributed by atoms with van der Waals surface area (Å²) in [6, 6.07) is 5.79. The monoisotopic (exact) mass is 317 g/mol. The highest BCUT2D eigenvalue weighted by Gasteiger charge is 2.53. The first kappa shape index (κ1) is 16.5. The Hall–Kier alpha value is -1.38. The predicted octanol–water partition coefficient (Wildman–Crippen LogP) is 4.78. The number of nitrogens with zero attached hydrogens (tertiary/aromatic N) is 1. The summed E-state index contributed by atoms with van der Waals surface area (Å²) in [7, 11) is 0. The van der Waals surface area contributed by atoms with Crippen molar-refractivity contribution in [3.63, 3.8) is 0 Å². The second kappa shape index (κ2) is 5.61. The standard InChI is InChI=1S/C20H28FNO/c1-19(2)13-20(3,4)18(19)15-5-6-17(16(21)11-15)22-9-7-14(12-23)8-10-22/h5-6,11-12,14,18H,7-10,13H2,1-4H3. The smallest absolute Gasteiger partial charge is 0.146 e. The lowest BCUT2D eigenvalue weighted by atomic mass is 9.46. The zero-order chi connectivity index (χ0) is 16.8. The molecule has 0 atom stereocenters. The molecule has 2 nitrogen and oxygen atoms in total. The van der Waals surface area contributed by atoms with E-state index in [-0.39, 0.29) is 22.6 Å². The van der Waals surface area contributed by atoms with Crippen LogP contribution in [0.25, 0.3) is 0 Å². The van der Waals surface area contributed by atoms with Crippen molar-refractivity contribution in [1.82, 2.24) is 0 Å². The molecule has 1 aliphatic heterocycles. The first-order valence-electron chi connectivity index (χ1n) is 8.74. The summed E-state index contributed by atoms with van der Waals surface area (Å²) in [5.74, 6) is 0.426. The van der Waals surface area contributed by atoms with Gasteiger partial charge in [-0.3, -0.25) is 0 Å². The Labute approximate surface area is 139 Å². The zero-order valence-corrected chi connectivity index (χ0v) is 14.7. The lowest BCUT2D eigenvalue weighted by Gasteiger charge is -2.58. The molecule has 2 aliphatic rings. The van der Waals surface area contributed by atoms with Gasteiger partial charge in [-0.15, -0.1) is 0 Å². The molecule has 23 heavy (non-hydrogen) atoms. The van der Waals surface area contributed by atoms with Crippen molar-refractivity contribution in [2.45, 2.75) is 52.9 Å². The number of benzene rings is 1. The summed E-state index contributed by atoms with van der Waals surface area (Å²) in [5.41, 5.74) is 2.28. The maximum atomic E-state index is 14.7. The first-order valence-corrected chi connectivity index (χ1v) is 8.74. The molecule has 1 heterocycles. The van der Waals surface area contributed by atoms with Crippen molar-refractivity contribution in [3.8, 4) is 0 Å². The summed E-state index contributed by atoms with van der Waals surface area (Å²) < 4.78 is 14.7. The molecule has 1 saturated carbocycles. The molecular weight excluding hydrogens is 289 g/mol. The number of anilines is 1. The number of piperidine rings is 1. The number of halogens is 1. The van der Waals surface area contributed by atoms with Gasteiger partial charge in [0.05, 0.1) is 5.69 Å². The van der Waals surface area contributed by atoms with Crippen LogP contribution in [0.2, 0.25) is 0 Å². The minimum atomic E-state index is -0.120. The van der Waals surface area contributed by atoms with Crippen molar-refractivity contribution >= 4 is 12.0 Å². The van der Waals surface area contributed by atoms with Crippen LogP contribution >= 0.6 is 0 Å². The quantitative estimate of drug-likeness (QED) is 0.748. The minimum Gasteiger partial charge on any atom is -0.369 e. The number of carbonyl (C=O) groups excluding carboxylic acids is 1. The van der Waals surface area contributed by atoms with Crippen LogP contribution in [0.5, 0.6) is 0 Å². The van der Waals surface area contributed by atoms with Gasteiger partial charge < -0.3 is 9.69 Å². The van der Waals surface area contributed by atoms with Gasteiger partial charge in [0, 0.05) is 19.0 Å². The first-order chi connectivity index (χ1) is 10.7. The van der Waals surface area contributed by atoms with E-state index in [4.69, 9.17) is 0 Å². The van der Waals surface area contributed by atoms with Gasteiger partial charge in [-0.25, -0.2) is 4.39 Å². The molecule has 1 aliphatic carbocycles. The fourth-order valence-corrected chi connectivity index (χ4v) is 5.44. The third-order valence-electron chi connectivity index (χ3n) is 5.85. The highest BCUT2D eigenvalue weighted by atomic mass is 19.1. The van der Waals surface area contributed by atoms with Crippen LogP contribution in [0.3, 0.4) is 0 Å². The second-order valence-electron chi connectivity index (χ2n) is 8.76. The fourth-order valence-electron chi connectivity index (χ4n) is 5.44. The highest BCUT2D eigenvalue weighted by molar-refractivity contribution is 5.56. The summed E-state index contributed by atoms with van der Waals surface area (Å²) >= 11 is 0. The largest absolute Gasteiger partial charge is 0.369 e. The summed E-state index contributed by atoms with van der Waals surface area (Å²) in [5, 5.41) is 0. The minimum absolute atomic E-state index is 0.120. The average Bonchev–Trinajstić information content (AvgIpc) is 2.45. The van der Waals surface area contributed by atoms with Gasteiger partial charge in [-0.1, -0.05) is 33.8 Å². The van der Waals surface area contributed by atoms with E-state index in [0.717, 1.165) is 37.8 Å². The Morgan fingerprint density at radius 2 is 1.74 bits per heavy atom. The van der Waals surface area contributed by atoms with E-state index in [9.17, 15) is 9.18 Å². The number of carbonyl (C=O) groups is 1. The number of aldehydes is 1. The molecule has 0 spiro atoms. The Kier molecular flexibility index (Phi) is 4.02. The number of hydrogen-bond acceptors (Lipinski definition) is 2. The molecule has 0 bridgehead atoms. The van der Waals surface area contributed by atoms with Crippen molar-refractivity contribution in [2.75, 3.05) is 18.0 Å². The van der Waals surface area contributed by atoms with Gasteiger partial charge in [0.25, 0.3) is 0 Å². The van der Waals surface area contributed by atoms with E-state index < -0.39 is 0 Å². The van der Waals surface area contributed by atoms with E-state index in [2.05, 4.69) is 38.7 Å². The van der Waals surface area contributed by atoms with Crippen LogP contribution < -0.4 is 4.90 Å². The lowest BCUT2D eigenvalue weighted by molar-refractivity contribution is -0.111. The van der Waals surface area contributed by atoms with Crippen LogP contribution in [-0.4, -0.2) is 19.4 Å². The number of hydrogen-bond donors (Lipinski definition) is 0. The van der Waals surface area contributed by atoms with Crippen LogP contribution in [0.4, 0.5) is 10.1 Å². The molecule has 0 radical (unpaired) electrons. The molecule has 1 aromatic rings. The van der Waals surface area contributed by atoms with E-state index >= 15 is 0 Å². The summed E-state index contributed by atoms with van der Waals surface area (Å²) in [6.45, 7) is 10.6. The molecule has 1 saturated heterocycles. The SMILES string of the molecule is CC1(C)CC(C)(C)C1c1ccc(N2CCC(C=O)CC2)c(F)c1. The normalized spacial score (nSPS) is 24.3. The van der Waals surface area contributed by atoms with Crippen LogP contribution in [-0.2, 0) is 4.79 Å². The molecular formula is C20H28FNO. The van der Waals surface area contributed by atoms with Crippen molar-refractivity contribution in [1.29, 1.82) is 0 Å². The van der Waals surface area contributed by atoms with E-state index in [1.165, 1.54) is 6.42 Å². The molecule has 1 aromatic carbocycles. The molecule has 0 amide bonds. The topological polar surface area (TPSA) is 20.3 Å². The lowest BCUT2D eigenvalue weighted by Crippen LogP contribution is -2.48. The summed E-state index contributed by atoms with van der Waals surface area (Å²) in [4.78, 5) is 12.9. The fraction of sp³-hybridized carbons (Fsp3) is 0.650. The van der Waals surface area contributed by atoms with Gasteiger partial charge in [-0.2, -0.15) is 0 Å². The van der Waals surface area contributed by atoms with Gasteiger partial charge in [0.2, 0.25) is 0 Å². The van der Waals surface area contributed by atoms with Gasteiger partial charge in [0.1, 0.15) is 12.1 Å². The van der Waals surface area contributed by atoms with Crippen LogP contribution in [0.15, 0.2) is 18.2 Å². The van der Waals surface area contributed by atoms with Crippen LogP contribution in [0, 0.1) is 22.6 Å². The molecule has 3 rings (SSSR count). The Bertz CT molecular complexity index is 586. The molecule has 0 aromatic heterocycles. The molecule has 2 fully saturated rings. The van der Waals surface area contributed by atoms with Crippen LogP contribution in [0.1, 0.15) is 58.4 Å². The van der Waals surface area contributed by atoms with Gasteiger partial charge >= 0.3 is 0 Å². The Balaban J connectivity index is 1.80. The van der Waals surface area contributed by atoms with E-state index in [0.29, 0.717) is 11.6 Å². The average molecular weight is 317 g/mol. The molecule has 3 heteroatoms. The van der Waals surface area contributed by atoms with Crippen molar-refractivity contribution in [2.24, 2.45) is 16.7 Å². The maximum absolute atomic E-state index is 14.7. The van der Waals surface area contributed by atoms with Crippen molar-refractivity contribution in [3.05, 3.63) is 29.6 Å². The van der Waals surface area contributed by atoms with Gasteiger partial charge in [0.15, 0.2) is 0 Å². The van der Waals surface area contributed by atoms with Crippen molar-refractivity contribution < 1.29 is 9.18 Å². The maximum Gasteiger partial charge on any atom is 0.146 e. The molecule has 126 valence electrons. The second-order valence-corrected chi connectivity index (χ2v) is 8.76. The van der Waals surface area contributed by atoms with E-state index in [1.807, 2.05) is 6.07 Å². The Morgan fingerprint density at radius 3 is 2.22 bits per heavy atom. The molecule has 0 N–H and O–H groups in total. The van der Waals surface area contributed by atoms with E-state index in [1.54, 1.807) is 6.07 Å². The highest BCUT2D eigenvalue weighted by Crippen LogP contribution is 2.64. The number of rotatable bonds is 3. The predicted molar refractivity (Wildman–Crippen MR) is 92.3 cm³/mol. The summed E-state index contributed by atoms with van der Waals surface area (Å²) in [6.07, 6.45) is 3.87. The Morgan fingerprint density at radius 1 is 1.13 bits per heavy atom. The third-order valence-corrected chi connectivity index (χ3v) is 5.85. The van der Waals surface area contributed by atoms with Gasteiger partial charge in [-0.05, 0) is 53.7 Å². The zero-order valence-electron chi connectivity index (χ0n) is 14.7. The third kappa shape index (κ3) is 2.90. The molecule has 0 unspecified atom stereocenters.